The summed E-state index contributed by atoms with van der Waals surface area (Å²) >= 11 is 0. The summed E-state index contributed by atoms with van der Waals surface area (Å²) in [6.07, 6.45) is 0. The number of hydrogen-bond donors (Lipinski definition) is 0. The van der Waals surface area contributed by atoms with Crippen molar-refractivity contribution in [3.8, 4) is 0 Å². The molecule has 58 valence electrons. The molecule has 0 saturated heterocycles. The second kappa shape index (κ2) is 3.28. The molecule has 2 heteroatoms. The number of benzene rings is 1. The Balaban J connectivity index is 2.95. The van der Waals surface area contributed by atoms with Crippen LogP contribution in [0.25, 0.3) is 0 Å². The summed E-state index contributed by atoms with van der Waals surface area (Å²) in [5, 5.41) is 2.83. The van der Waals surface area contributed by atoms with Gasteiger partial charge in [-0.25, -0.2) is 0 Å². The lowest BCUT2D eigenvalue weighted by Crippen LogP contribution is -1.85. The van der Waals surface area contributed by atoms with Crippen LogP contribution in [0, 0.1) is 18.8 Å². The van der Waals surface area contributed by atoms with Crippen molar-refractivity contribution in [1.82, 2.24) is 0 Å². The zero-order chi connectivity index (χ0) is 8.27. The van der Waals surface area contributed by atoms with Gasteiger partial charge in [-0.2, -0.15) is 4.91 Å². The van der Waals surface area contributed by atoms with Crippen LogP contribution in [-0.4, -0.2) is 0 Å². The van der Waals surface area contributed by atoms with Crippen molar-refractivity contribution in [3.05, 3.63) is 39.8 Å². The molecule has 0 aliphatic carbocycles. The van der Waals surface area contributed by atoms with Gasteiger partial charge in [0, 0.05) is 0 Å². The zero-order valence-electron chi connectivity index (χ0n) is 6.79. The number of aryl methyl sites for hydroxylation is 2. The van der Waals surface area contributed by atoms with E-state index in [2.05, 4.69) is 5.18 Å². The summed E-state index contributed by atoms with van der Waals surface area (Å²) in [5.41, 5.74) is 3.45. The van der Waals surface area contributed by atoms with Gasteiger partial charge in [-0.05, 0) is 30.5 Å². The van der Waals surface area contributed by atoms with Gasteiger partial charge in [0.05, 0.1) is 0 Å². The van der Waals surface area contributed by atoms with Crippen molar-refractivity contribution in [2.24, 2.45) is 5.18 Å². The smallest absolute Gasteiger partial charge is 0.106 e. The summed E-state index contributed by atoms with van der Waals surface area (Å²) in [5.74, 6) is 0. The molecule has 0 radical (unpaired) electrons. The highest BCUT2D eigenvalue weighted by Crippen LogP contribution is 2.10. The van der Waals surface area contributed by atoms with E-state index in [1.165, 1.54) is 11.1 Å². The Labute approximate surface area is 66.2 Å². The van der Waals surface area contributed by atoms with Crippen LogP contribution >= 0.6 is 0 Å². The molecule has 2 nitrogen and oxygen atoms in total. The van der Waals surface area contributed by atoms with Gasteiger partial charge in [-0.3, -0.25) is 0 Å². The van der Waals surface area contributed by atoms with Crippen molar-refractivity contribution in [2.75, 3.05) is 0 Å². The molecule has 0 aliphatic heterocycles. The molecule has 0 atom stereocenters. The van der Waals surface area contributed by atoms with Gasteiger partial charge in [0.25, 0.3) is 0 Å². The minimum absolute atomic E-state index is 0.279. The largest absolute Gasteiger partial charge is 0.150 e. The van der Waals surface area contributed by atoms with E-state index in [0.29, 0.717) is 0 Å². The minimum atomic E-state index is 0.279. The van der Waals surface area contributed by atoms with Crippen LogP contribution in [0.15, 0.2) is 23.4 Å². The molecule has 0 N–H and O–H groups in total. The van der Waals surface area contributed by atoms with E-state index in [1.807, 2.05) is 32.0 Å². The van der Waals surface area contributed by atoms with Crippen LogP contribution in [0.3, 0.4) is 0 Å². The Hall–Kier alpha value is -1.18. The Morgan fingerprint density at radius 3 is 2.55 bits per heavy atom. The van der Waals surface area contributed by atoms with Crippen LogP contribution in [0.2, 0.25) is 0 Å². The summed E-state index contributed by atoms with van der Waals surface area (Å²) in [4.78, 5) is 9.92. The molecule has 0 amide bonds. The maximum Gasteiger partial charge on any atom is 0.106 e. The van der Waals surface area contributed by atoms with Crippen molar-refractivity contribution >= 4 is 0 Å². The number of rotatable bonds is 2. The van der Waals surface area contributed by atoms with E-state index in [-0.39, 0.29) is 6.54 Å². The van der Waals surface area contributed by atoms with Gasteiger partial charge >= 0.3 is 0 Å². The van der Waals surface area contributed by atoms with E-state index < -0.39 is 0 Å². The monoisotopic (exact) mass is 149 g/mol. The molecular formula is C9H11NO. The van der Waals surface area contributed by atoms with Crippen LogP contribution in [0.4, 0.5) is 0 Å². The first-order valence-electron chi connectivity index (χ1n) is 3.59. The lowest BCUT2D eigenvalue weighted by atomic mass is 10.1. The van der Waals surface area contributed by atoms with Crippen LogP contribution in [0.1, 0.15) is 16.7 Å². The summed E-state index contributed by atoms with van der Waals surface area (Å²) in [6, 6.07) is 5.94. The van der Waals surface area contributed by atoms with Crippen LogP contribution in [0.5, 0.6) is 0 Å². The summed E-state index contributed by atoms with van der Waals surface area (Å²) in [7, 11) is 0. The zero-order valence-corrected chi connectivity index (χ0v) is 6.79. The Bertz CT molecular complexity index is 268. The topological polar surface area (TPSA) is 29.4 Å². The maximum absolute atomic E-state index is 9.92. The van der Waals surface area contributed by atoms with E-state index in [1.54, 1.807) is 0 Å². The molecule has 0 aromatic heterocycles. The number of hydrogen-bond acceptors (Lipinski definition) is 2. The van der Waals surface area contributed by atoms with Gasteiger partial charge < -0.3 is 0 Å². The summed E-state index contributed by atoms with van der Waals surface area (Å²) in [6.45, 7) is 4.36. The fourth-order valence-corrected chi connectivity index (χ4v) is 0.976. The van der Waals surface area contributed by atoms with Crippen molar-refractivity contribution in [1.29, 1.82) is 0 Å². The van der Waals surface area contributed by atoms with E-state index in [9.17, 15) is 4.91 Å². The average molecular weight is 149 g/mol. The first-order chi connectivity index (χ1) is 5.24. The fourth-order valence-electron chi connectivity index (χ4n) is 0.976. The van der Waals surface area contributed by atoms with E-state index in [0.717, 1.165) is 5.56 Å². The minimum Gasteiger partial charge on any atom is -0.150 e. The van der Waals surface area contributed by atoms with E-state index in [4.69, 9.17) is 0 Å². The maximum atomic E-state index is 9.92. The molecule has 0 heterocycles. The van der Waals surface area contributed by atoms with Crippen molar-refractivity contribution in [2.45, 2.75) is 20.4 Å². The third-order valence-corrected chi connectivity index (χ3v) is 1.82. The molecule has 0 fully saturated rings. The summed E-state index contributed by atoms with van der Waals surface area (Å²) < 4.78 is 0. The quantitative estimate of drug-likeness (QED) is 0.594. The molecule has 0 spiro atoms. The SMILES string of the molecule is Cc1ccc(CN=O)cc1C. The lowest BCUT2D eigenvalue weighted by molar-refractivity contribution is 1.05. The molecule has 1 aromatic rings. The third-order valence-electron chi connectivity index (χ3n) is 1.82. The Kier molecular flexibility index (Phi) is 2.36. The normalized spacial score (nSPS) is 9.64. The lowest BCUT2D eigenvalue weighted by Gasteiger charge is -2.00. The van der Waals surface area contributed by atoms with Gasteiger partial charge in [-0.15, -0.1) is 0 Å². The van der Waals surface area contributed by atoms with Crippen molar-refractivity contribution < 1.29 is 0 Å². The molecule has 1 aromatic carbocycles. The fraction of sp³-hybridized carbons (Fsp3) is 0.333. The van der Waals surface area contributed by atoms with Crippen LogP contribution in [-0.2, 0) is 6.54 Å². The third kappa shape index (κ3) is 1.87. The second-order valence-corrected chi connectivity index (χ2v) is 2.71. The highest BCUT2D eigenvalue weighted by atomic mass is 16.3. The molecule has 0 unspecified atom stereocenters. The van der Waals surface area contributed by atoms with E-state index >= 15 is 0 Å². The number of nitroso groups, excluding NO2 is 1. The van der Waals surface area contributed by atoms with Gasteiger partial charge in [0.1, 0.15) is 6.54 Å². The first-order valence-corrected chi connectivity index (χ1v) is 3.59. The molecule has 0 bridgehead atoms. The van der Waals surface area contributed by atoms with Crippen molar-refractivity contribution in [3.63, 3.8) is 0 Å². The first kappa shape index (κ1) is 7.92. The molecule has 0 saturated carbocycles. The standard InChI is InChI=1S/C9H11NO/c1-7-3-4-9(6-10-11)5-8(7)2/h3-5H,6H2,1-2H3. The van der Waals surface area contributed by atoms with Crippen LogP contribution < -0.4 is 0 Å². The predicted molar refractivity (Wildman–Crippen MR) is 45.4 cm³/mol. The molecule has 0 aliphatic rings. The van der Waals surface area contributed by atoms with Gasteiger partial charge in [-0.1, -0.05) is 23.4 Å². The average Bonchev–Trinajstić information content (AvgIpc) is 1.98. The number of nitrogens with zero attached hydrogens (tertiary/aromatic N) is 1. The van der Waals surface area contributed by atoms with Gasteiger partial charge in [0.15, 0.2) is 0 Å². The second-order valence-electron chi connectivity index (χ2n) is 2.71. The van der Waals surface area contributed by atoms with Gasteiger partial charge in [0.2, 0.25) is 0 Å². The molecule has 11 heavy (non-hydrogen) atoms. The molecule has 1 rings (SSSR count). The molecular weight excluding hydrogens is 138 g/mol. The predicted octanol–water partition coefficient (Wildman–Crippen LogP) is 2.57. The Morgan fingerprint density at radius 2 is 2.00 bits per heavy atom. The highest BCUT2D eigenvalue weighted by Gasteiger charge is 1.94. The Morgan fingerprint density at radius 1 is 1.27 bits per heavy atom. The highest BCUT2D eigenvalue weighted by molar-refractivity contribution is 5.29.